The highest BCUT2D eigenvalue weighted by Gasteiger charge is 2.34. The summed E-state index contributed by atoms with van der Waals surface area (Å²) in [5.74, 6) is 0.528. The number of ether oxygens (including phenoxy) is 3. The van der Waals surface area contributed by atoms with Gasteiger partial charge in [0.1, 0.15) is 0 Å². The average molecular weight is 565 g/mol. The smallest absolute Gasteiger partial charge is 0.338 e. The van der Waals surface area contributed by atoms with Gasteiger partial charge in [-0.3, -0.25) is 9.36 Å². The van der Waals surface area contributed by atoms with Gasteiger partial charge in [0, 0.05) is 0 Å². The molecule has 6 rings (SSSR count). The van der Waals surface area contributed by atoms with Crippen LogP contribution >= 0.6 is 11.3 Å². The van der Waals surface area contributed by atoms with Crippen LogP contribution in [0.4, 0.5) is 0 Å². The Morgan fingerprint density at radius 1 is 0.951 bits per heavy atom. The first kappa shape index (κ1) is 26.5. The number of methoxy groups -OCH3 is 2. The Hall–Kier alpha value is -4.69. The fourth-order valence-corrected chi connectivity index (χ4v) is 6.49. The van der Waals surface area contributed by atoms with Gasteiger partial charge in [-0.1, -0.05) is 65.9 Å². The van der Waals surface area contributed by atoms with Crippen molar-refractivity contribution in [3.05, 3.63) is 115 Å². The van der Waals surface area contributed by atoms with E-state index in [0.29, 0.717) is 37.7 Å². The molecule has 0 amide bonds. The lowest BCUT2D eigenvalue weighted by molar-refractivity contribution is -0.139. The maximum Gasteiger partial charge on any atom is 0.338 e. The van der Waals surface area contributed by atoms with E-state index in [-0.39, 0.29) is 12.2 Å². The number of aromatic nitrogens is 1. The quantitative estimate of drug-likeness (QED) is 0.211. The Morgan fingerprint density at radius 3 is 2.24 bits per heavy atom. The van der Waals surface area contributed by atoms with Crippen molar-refractivity contribution in [2.45, 2.75) is 19.9 Å². The molecule has 4 aromatic carbocycles. The third-order valence-corrected chi connectivity index (χ3v) is 8.31. The predicted molar refractivity (Wildman–Crippen MR) is 161 cm³/mol. The highest BCUT2D eigenvalue weighted by molar-refractivity contribution is 7.07. The van der Waals surface area contributed by atoms with Crippen LogP contribution in [0.5, 0.6) is 11.5 Å². The van der Waals surface area contributed by atoms with Gasteiger partial charge in [0.15, 0.2) is 16.3 Å². The number of nitrogens with zero attached hydrogens (tertiary/aromatic N) is 2. The number of hydrogen-bond donors (Lipinski definition) is 0. The predicted octanol–water partition coefficient (Wildman–Crippen LogP) is 5.12. The molecule has 2 heterocycles. The maximum absolute atomic E-state index is 14.2. The van der Waals surface area contributed by atoms with E-state index in [1.165, 1.54) is 11.3 Å². The summed E-state index contributed by atoms with van der Waals surface area (Å²) in [5, 5.41) is 4.29. The van der Waals surface area contributed by atoms with Crippen molar-refractivity contribution in [2.24, 2.45) is 4.99 Å². The molecule has 206 valence electrons. The number of allylic oxidation sites excluding steroid dienone is 1. The zero-order chi connectivity index (χ0) is 28.7. The molecule has 1 aliphatic heterocycles. The number of rotatable bonds is 6. The van der Waals surface area contributed by atoms with Crippen molar-refractivity contribution >= 4 is 44.9 Å². The summed E-state index contributed by atoms with van der Waals surface area (Å²) >= 11 is 1.31. The Kier molecular flexibility index (Phi) is 6.93. The molecule has 1 aromatic heterocycles. The maximum atomic E-state index is 14.2. The molecule has 0 fully saturated rings. The van der Waals surface area contributed by atoms with E-state index < -0.39 is 12.0 Å². The first-order valence-corrected chi connectivity index (χ1v) is 14.1. The lowest BCUT2D eigenvalue weighted by atomic mass is 9.95. The molecule has 8 heteroatoms. The molecule has 0 radical (unpaired) electrons. The fourth-order valence-electron chi connectivity index (χ4n) is 5.47. The minimum atomic E-state index is -0.753. The molecule has 0 N–H and O–H groups in total. The van der Waals surface area contributed by atoms with Crippen LogP contribution in [0.25, 0.3) is 27.6 Å². The van der Waals surface area contributed by atoms with Gasteiger partial charge in [-0.25, -0.2) is 9.79 Å². The summed E-state index contributed by atoms with van der Waals surface area (Å²) in [6.45, 7) is 3.73. The number of carbonyl (C=O) groups excluding carboxylic acids is 1. The van der Waals surface area contributed by atoms with Gasteiger partial charge < -0.3 is 14.2 Å². The second kappa shape index (κ2) is 10.7. The van der Waals surface area contributed by atoms with Crippen molar-refractivity contribution in [2.75, 3.05) is 20.8 Å². The summed E-state index contributed by atoms with van der Waals surface area (Å²) in [6.07, 6.45) is 1.95. The van der Waals surface area contributed by atoms with Gasteiger partial charge in [-0.2, -0.15) is 0 Å². The molecule has 7 nitrogen and oxygen atoms in total. The Balaban J connectivity index is 1.64. The number of carbonyl (C=O) groups is 1. The summed E-state index contributed by atoms with van der Waals surface area (Å²) in [5.41, 5.74) is 2.23. The first-order valence-electron chi connectivity index (χ1n) is 13.3. The Labute approximate surface area is 240 Å². The molecule has 0 saturated carbocycles. The fraction of sp³-hybridized carbons (Fsp3) is 0.182. The molecular formula is C33H28N2O5S. The summed E-state index contributed by atoms with van der Waals surface area (Å²) < 4.78 is 18.5. The SMILES string of the molecule is CCOC(=O)C1=C(C)N=c2sc(=Cc3c4ccccc4cc4ccccc34)c(=O)n2[C@H]1c1ccc(OC)c(OC)c1. The average Bonchev–Trinajstić information content (AvgIpc) is 3.29. The zero-order valence-corrected chi connectivity index (χ0v) is 24.0. The van der Waals surface area contributed by atoms with E-state index in [2.05, 4.69) is 30.3 Å². The van der Waals surface area contributed by atoms with Crippen LogP contribution in [0.2, 0.25) is 0 Å². The largest absolute Gasteiger partial charge is 0.493 e. The number of thiazole rings is 1. The topological polar surface area (TPSA) is 79.1 Å². The first-order chi connectivity index (χ1) is 19.9. The molecule has 0 spiro atoms. The summed E-state index contributed by atoms with van der Waals surface area (Å²) in [6, 6.07) is 23.1. The van der Waals surface area contributed by atoms with Crippen molar-refractivity contribution in [3.8, 4) is 11.5 Å². The molecule has 0 bridgehead atoms. The van der Waals surface area contributed by atoms with E-state index in [1.54, 1.807) is 44.8 Å². The van der Waals surface area contributed by atoms with Crippen molar-refractivity contribution in [1.29, 1.82) is 0 Å². The van der Waals surface area contributed by atoms with Gasteiger partial charge in [0.2, 0.25) is 0 Å². The van der Waals surface area contributed by atoms with Crippen LogP contribution in [0.15, 0.2) is 93.9 Å². The number of hydrogen-bond acceptors (Lipinski definition) is 7. The minimum Gasteiger partial charge on any atom is -0.493 e. The molecule has 0 saturated heterocycles. The summed E-state index contributed by atoms with van der Waals surface area (Å²) in [7, 11) is 3.11. The Bertz CT molecular complexity index is 2000. The van der Waals surface area contributed by atoms with Gasteiger partial charge in [0.05, 0.1) is 42.7 Å². The Morgan fingerprint density at radius 2 is 1.61 bits per heavy atom. The summed E-state index contributed by atoms with van der Waals surface area (Å²) in [4.78, 5) is 32.7. The lowest BCUT2D eigenvalue weighted by Crippen LogP contribution is -2.40. The van der Waals surface area contributed by atoms with E-state index in [4.69, 9.17) is 19.2 Å². The highest BCUT2D eigenvalue weighted by atomic mass is 32.1. The number of fused-ring (bicyclic) bond motifs is 3. The van der Waals surface area contributed by atoms with Crippen molar-refractivity contribution < 1.29 is 19.0 Å². The molecule has 0 unspecified atom stereocenters. The highest BCUT2D eigenvalue weighted by Crippen LogP contribution is 2.36. The van der Waals surface area contributed by atoms with Crippen LogP contribution in [-0.2, 0) is 9.53 Å². The van der Waals surface area contributed by atoms with Crippen LogP contribution in [0, 0.1) is 0 Å². The third-order valence-electron chi connectivity index (χ3n) is 7.33. The monoisotopic (exact) mass is 564 g/mol. The van der Waals surface area contributed by atoms with Crippen LogP contribution in [0.1, 0.15) is 31.0 Å². The van der Waals surface area contributed by atoms with Gasteiger partial charge in [0.25, 0.3) is 5.56 Å². The number of esters is 1. The molecular weight excluding hydrogens is 536 g/mol. The van der Waals surface area contributed by atoms with Crippen LogP contribution in [-0.4, -0.2) is 31.4 Å². The van der Waals surface area contributed by atoms with Gasteiger partial charge in [-0.05, 0) is 70.8 Å². The molecule has 1 aliphatic rings. The molecule has 5 aromatic rings. The second-order valence-electron chi connectivity index (χ2n) is 9.65. The standard InChI is InChI=1S/C33H28N2O5S/c1-5-40-32(37)29-19(2)34-33-35(30(29)22-14-15-26(38-3)27(17-22)39-4)31(36)28(41-33)18-25-23-12-8-6-10-20(23)16-21-11-7-9-13-24(21)25/h6-18,30H,5H2,1-4H3/t30-/m0/s1. The minimum absolute atomic E-state index is 0.201. The van der Waals surface area contributed by atoms with Crippen molar-refractivity contribution in [3.63, 3.8) is 0 Å². The van der Waals surface area contributed by atoms with Gasteiger partial charge in [-0.15, -0.1) is 0 Å². The number of benzene rings is 4. The lowest BCUT2D eigenvalue weighted by Gasteiger charge is -2.25. The van der Waals surface area contributed by atoms with E-state index in [9.17, 15) is 9.59 Å². The zero-order valence-electron chi connectivity index (χ0n) is 23.1. The van der Waals surface area contributed by atoms with E-state index in [1.807, 2.05) is 36.4 Å². The third kappa shape index (κ3) is 4.50. The second-order valence-corrected chi connectivity index (χ2v) is 10.7. The molecule has 1 atom stereocenters. The van der Waals surface area contributed by atoms with E-state index in [0.717, 1.165) is 27.1 Å². The normalized spacial score (nSPS) is 15.1. The van der Waals surface area contributed by atoms with Crippen molar-refractivity contribution in [1.82, 2.24) is 4.57 Å². The van der Waals surface area contributed by atoms with Crippen LogP contribution < -0.4 is 24.4 Å². The van der Waals surface area contributed by atoms with Crippen LogP contribution in [0.3, 0.4) is 0 Å². The molecule has 41 heavy (non-hydrogen) atoms. The molecule has 0 aliphatic carbocycles. The van der Waals surface area contributed by atoms with E-state index >= 15 is 0 Å². The van der Waals surface area contributed by atoms with Gasteiger partial charge >= 0.3 is 5.97 Å².